The van der Waals surface area contributed by atoms with Crippen molar-refractivity contribution in [1.29, 1.82) is 0 Å². The van der Waals surface area contributed by atoms with Crippen LogP contribution in [0.5, 0.6) is 0 Å². The molecule has 0 aromatic carbocycles. The molecule has 2 aromatic heterocycles. The molecule has 6 heteroatoms. The molecule has 0 aliphatic rings. The summed E-state index contributed by atoms with van der Waals surface area (Å²) in [6.45, 7) is 3.73. The maximum atomic E-state index is 12.2. The predicted molar refractivity (Wildman–Crippen MR) is 80.6 cm³/mol. The third-order valence-corrected chi connectivity index (χ3v) is 3.18. The van der Waals surface area contributed by atoms with E-state index in [0.717, 1.165) is 5.69 Å². The number of aromatic nitrogens is 2. The summed E-state index contributed by atoms with van der Waals surface area (Å²) >= 11 is 11.7. The van der Waals surface area contributed by atoms with Crippen molar-refractivity contribution in [3.63, 3.8) is 0 Å². The summed E-state index contributed by atoms with van der Waals surface area (Å²) in [5.74, 6) is -0.253. The number of halogens is 2. The lowest BCUT2D eigenvalue weighted by atomic mass is 10.2. The van der Waals surface area contributed by atoms with Gasteiger partial charge >= 0.3 is 0 Å². The highest BCUT2D eigenvalue weighted by molar-refractivity contribution is 6.30. The summed E-state index contributed by atoms with van der Waals surface area (Å²) in [5.41, 5.74) is 2.51. The molecule has 104 valence electrons. The van der Waals surface area contributed by atoms with Crippen LogP contribution in [0.2, 0.25) is 10.3 Å². The average Bonchev–Trinajstić information content (AvgIpc) is 2.41. The smallest absolute Gasteiger partial charge is 0.255 e. The Morgan fingerprint density at radius 1 is 1.20 bits per heavy atom. The van der Waals surface area contributed by atoms with Crippen LogP contribution in [0.4, 0.5) is 5.69 Å². The van der Waals surface area contributed by atoms with E-state index in [1.807, 2.05) is 6.92 Å². The standard InChI is InChI=1S/C14H13Cl2N3O/c1-3-10-6-9(7-13(16)18-10)14(20)19-11-4-5-12(15)17-8(11)2/h4-7H,3H2,1-2H3,(H,19,20). The third kappa shape index (κ3) is 3.46. The topological polar surface area (TPSA) is 54.9 Å². The van der Waals surface area contributed by atoms with Gasteiger partial charge < -0.3 is 5.32 Å². The molecule has 2 rings (SSSR count). The number of nitrogens with zero attached hydrogens (tertiary/aromatic N) is 2. The number of rotatable bonds is 3. The van der Waals surface area contributed by atoms with Crippen molar-refractivity contribution in [3.8, 4) is 0 Å². The fourth-order valence-corrected chi connectivity index (χ4v) is 2.14. The van der Waals surface area contributed by atoms with Crippen LogP contribution < -0.4 is 5.32 Å². The summed E-state index contributed by atoms with van der Waals surface area (Å²) in [6.07, 6.45) is 0.711. The zero-order chi connectivity index (χ0) is 14.7. The van der Waals surface area contributed by atoms with E-state index in [9.17, 15) is 4.79 Å². The molecule has 0 fully saturated rings. The molecular weight excluding hydrogens is 297 g/mol. The van der Waals surface area contributed by atoms with Gasteiger partial charge in [-0.15, -0.1) is 0 Å². The number of amides is 1. The Labute approximate surface area is 127 Å². The number of aryl methyl sites for hydroxylation is 2. The van der Waals surface area contributed by atoms with E-state index in [0.29, 0.717) is 33.7 Å². The fraction of sp³-hybridized carbons (Fsp3) is 0.214. The van der Waals surface area contributed by atoms with Gasteiger partial charge in [0, 0.05) is 11.3 Å². The van der Waals surface area contributed by atoms with Crippen molar-refractivity contribution in [3.05, 3.63) is 51.5 Å². The molecule has 0 spiro atoms. The maximum absolute atomic E-state index is 12.2. The first-order valence-electron chi connectivity index (χ1n) is 6.10. The van der Waals surface area contributed by atoms with Crippen LogP contribution >= 0.6 is 23.2 Å². The van der Waals surface area contributed by atoms with E-state index in [1.54, 1.807) is 25.1 Å². The fourth-order valence-electron chi connectivity index (χ4n) is 1.72. The molecule has 2 heterocycles. The monoisotopic (exact) mass is 309 g/mol. The zero-order valence-electron chi connectivity index (χ0n) is 11.1. The molecule has 0 aliphatic carbocycles. The van der Waals surface area contributed by atoms with Crippen molar-refractivity contribution in [2.45, 2.75) is 20.3 Å². The summed E-state index contributed by atoms with van der Waals surface area (Å²) in [6, 6.07) is 6.60. The molecule has 0 bridgehead atoms. The van der Waals surface area contributed by atoms with Gasteiger partial charge in [-0.1, -0.05) is 30.1 Å². The second kappa shape index (κ2) is 6.20. The Morgan fingerprint density at radius 3 is 2.60 bits per heavy atom. The van der Waals surface area contributed by atoms with Gasteiger partial charge in [-0.3, -0.25) is 4.79 Å². The molecule has 1 amide bonds. The predicted octanol–water partition coefficient (Wildman–Crippen LogP) is 3.91. The van der Waals surface area contributed by atoms with E-state index in [-0.39, 0.29) is 5.91 Å². The summed E-state index contributed by atoms with van der Waals surface area (Å²) in [4.78, 5) is 20.4. The first-order chi connectivity index (χ1) is 9.49. The van der Waals surface area contributed by atoms with E-state index in [4.69, 9.17) is 23.2 Å². The molecule has 0 unspecified atom stereocenters. The second-order valence-corrected chi connectivity index (χ2v) is 5.02. The first-order valence-corrected chi connectivity index (χ1v) is 6.86. The Bertz CT molecular complexity index is 659. The second-order valence-electron chi connectivity index (χ2n) is 4.24. The maximum Gasteiger partial charge on any atom is 0.255 e. The molecule has 4 nitrogen and oxygen atoms in total. The molecule has 2 aromatic rings. The summed E-state index contributed by atoms with van der Waals surface area (Å²) in [5, 5.41) is 3.48. The zero-order valence-corrected chi connectivity index (χ0v) is 12.6. The van der Waals surface area contributed by atoms with E-state index < -0.39 is 0 Å². The number of carbonyl (C=O) groups excluding carboxylic acids is 1. The molecule has 20 heavy (non-hydrogen) atoms. The van der Waals surface area contributed by atoms with Crippen molar-refractivity contribution in [2.75, 3.05) is 5.32 Å². The van der Waals surface area contributed by atoms with E-state index in [1.165, 1.54) is 6.07 Å². The molecular formula is C14H13Cl2N3O. The number of hydrogen-bond donors (Lipinski definition) is 1. The summed E-state index contributed by atoms with van der Waals surface area (Å²) in [7, 11) is 0. The normalized spacial score (nSPS) is 10.4. The van der Waals surface area contributed by atoms with Gasteiger partial charge in [-0.25, -0.2) is 9.97 Å². The van der Waals surface area contributed by atoms with Crippen LogP contribution in [0.25, 0.3) is 0 Å². The van der Waals surface area contributed by atoms with Gasteiger partial charge in [-0.2, -0.15) is 0 Å². The minimum Gasteiger partial charge on any atom is -0.320 e. The van der Waals surface area contributed by atoms with Crippen LogP contribution in [-0.2, 0) is 6.42 Å². The highest BCUT2D eigenvalue weighted by Crippen LogP contribution is 2.18. The lowest BCUT2D eigenvalue weighted by Crippen LogP contribution is -2.14. The molecule has 0 saturated carbocycles. The van der Waals surface area contributed by atoms with E-state index >= 15 is 0 Å². The SMILES string of the molecule is CCc1cc(C(=O)Nc2ccc(Cl)nc2C)cc(Cl)n1. The lowest BCUT2D eigenvalue weighted by molar-refractivity contribution is 0.102. The lowest BCUT2D eigenvalue weighted by Gasteiger charge is -2.09. The number of carbonyl (C=O) groups is 1. The highest BCUT2D eigenvalue weighted by atomic mass is 35.5. The molecule has 0 aliphatic heterocycles. The third-order valence-electron chi connectivity index (χ3n) is 2.77. The number of pyridine rings is 2. The van der Waals surface area contributed by atoms with Crippen LogP contribution in [0.1, 0.15) is 28.7 Å². The Morgan fingerprint density at radius 2 is 1.95 bits per heavy atom. The molecule has 0 radical (unpaired) electrons. The van der Waals surface area contributed by atoms with Gasteiger partial charge in [0.25, 0.3) is 5.91 Å². The van der Waals surface area contributed by atoms with Gasteiger partial charge in [0.05, 0.1) is 11.4 Å². The number of hydrogen-bond acceptors (Lipinski definition) is 3. The molecule has 1 N–H and O–H groups in total. The Kier molecular flexibility index (Phi) is 4.57. The van der Waals surface area contributed by atoms with Gasteiger partial charge in [0.2, 0.25) is 0 Å². The van der Waals surface area contributed by atoms with Gasteiger partial charge in [-0.05, 0) is 37.6 Å². The summed E-state index contributed by atoms with van der Waals surface area (Å²) < 4.78 is 0. The minimum atomic E-state index is -0.253. The highest BCUT2D eigenvalue weighted by Gasteiger charge is 2.11. The van der Waals surface area contributed by atoms with Crippen LogP contribution in [-0.4, -0.2) is 15.9 Å². The van der Waals surface area contributed by atoms with Gasteiger partial charge in [0.15, 0.2) is 0 Å². The van der Waals surface area contributed by atoms with E-state index in [2.05, 4.69) is 15.3 Å². The Hall–Kier alpha value is -1.65. The van der Waals surface area contributed by atoms with Gasteiger partial charge in [0.1, 0.15) is 10.3 Å². The number of nitrogens with one attached hydrogen (secondary N) is 1. The van der Waals surface area contributed by atoms with Crippen molar-refractivity contribution in [2.24, 2.45) is 0 Å². The quantitative estimate of drug-likeness (QED) is 0.875. The molecule has 0 saturated heterocycles. The average molecular weight is 310 g/mol. The minimum absolute atomic E-state index is 0.253. The number of anilines is 1. The van der Waals surface area contributed by atoms with Crippen LogP contribution in [0, 0.1) is 6.92 Å². The van der Waals surface area contributed by atoms with Crippen molar-refractivity contribution in [1.82, 2.24) is 9.97 Å². The Balaban J connectivity index is 2.26. The molecule has 0 atom stereocenters. The van der Waals surface area contributed by atoms with Crippen molar-refractivity contribution < 1.29 is 4.79 Å². The largest absolute Gasteiger partial charge is 0.320 e. The van der Waals surface area contributed by atoms with Crippen LogP contribution in [0.15, 0.2) is 24.3 Å². The first kappa shape index (κ1) is 14.8. The van der Waals surface area contributed by atoms with Crippen LogP contribution in [0.3, 0.4) is 0 Å². The van der Waals surface area contributed by atoms with Crippen molar-refractivity contribution >= 4 is 34.8 Å².